The van der Waals surface area contributed by atoms with Crippen LogP contribution in [0.4, 0.5) is 0 Å². The van der Waals surface area contributed by atoms with Gasteiger partial charge in [-0.2, -0.15) is 0 Å². The molecule has 1 aliphatic rings. The second kappa shape index (κ2) is 6.44. The van der Waals surface area contributed by atoms with Crippen LogP contribution in [0.25, 0.3) is 6.08 Å². The van der Waals surface area contributed by atoms with Gasteiger partial charge in [-0.05, 0) is 51.1 Å². The number of rotatable bonds is 3. The van der Waals surface area contributed by atoms with Crippen LogP contribution in [0.1, 0.15) is 39.7 Å². The molecule has 0 spiro atoms. The topological polar surface area (TPSA) is 29.5 Å². The lowest BCUT2D eigenvalue weighted by Crippen LogP contribution is -2.35. The molecule has 1 aromatic carbocycles. The van der Waals surface area contributed by atoms with Crippen LogP contribution in [0.15, 0.2) is 29.8 Å². The highest BCUT2D eigenvalue weighted by Gasteiger charge is 2.20. The second-order valence-corrected chi connectivity index (χ2v) is 6.49. The van der Waals surface area contributed by atoms with Gasteiger partial charge in [-0.15, -0.1) is 0 Å². The van der Waals surface area contributed by atoms with Crippen molar-refractivity contribution in [2.45, 2.75) is 39.7 Å². The summed E-state index contributed by atoms with van der Waals surface area (Å²) in [5, 5.41) is 0. The number of ketones is 1. The number of ether oxygens (including phenoxy) is 1. The van der Waals surface area contributed by atoms with Gasteiger partial charge in [0.25, 0.3) is 0 Å². The fraction of sp³-hybridized carbons (Fsp3) is 0.500. The van der Waals surface area contributed by atoms with Crippen LogP contribution in [-0.2, 0) is 4.79 Å². The Kier molecular flexibility index (Phi) is 4.84. The number of nitrogens with zero attached hydrogens (tertiary/aromatic N) is 1. The van der Waals surface area contributed by atoms with Crippen LogP contribution in [0.3, 0.4) is 0 Å². The molecule has 0 bridgehead atoms. The predicted molar refractivity (Wildman–Crippen MR) is 86.5 cm³/mol. The van der Waals surface area contributed by atoms with Gasteiger partial charge < -0.3 is 4.74 Å². The minimum atomic E-state index is -0.194. The average Bonchev–Trinajstić information content (AvgIpc) is 2.42. The summed E-state index contributed by atoms with van der Waals surface area (Å²) in [6.07, 6.45) is 2.63. The molecule has 21 heavy (non-hydrogen) atoms. The highest BCUT2D eigenvalue weighted by Crippen LogP contribution is 2.21. The van der Waals surface area contributed by atoms with Crippen molar-refractivity contribution in [2.75, 3.05) is 19.6 Å². The summed E-state index contributed by atoms with van der Waals surface area (Å²) in [6, 6.07) is 7.93. The minimum Gasteiger partial charge on any atom is -0.488 e. The van der Waals surface area contributed by atoms with Crippen molar-refractivity contribution in [3.8, 4) is 5.75 Å². The number of likely N-dealkylation sites (N-methyl/N-ethyl adjacent to an activating group) is 1. The van der Waals surface area contributed by atoms with Crippen LogP contribution in [-0.4, -0.2) is 35.9 Å². The van der Waals surface area contributed by atoms with Crippen molar-refractivity contribution in [2.24, 2.45) is 0 Å². The lowest BCUT2D eigenvalue weighted by molar-refractivity contribution is -0.117. The molecule has 0 aromatic heterocycles. The van der Waals surface area contributed by atoms with Gasteiger partial charge in [0, 0.05) is 25.1 Å². The van der Waals surface area contributed by atoms with Crippen molar-refractivity contribution in [1.29, 1.82) is 0 Å². The maximum Gasteiger partial charge on any atom is 0.161 e. The third-order valence-electron chi connectivity index (χ3n) is 3.50. The molecule has 1 aliphatic heterocycles. The molecule has 0 unspecified atom stereocenters. The number of likely N-dealkylation sites (tertiary alicyclic amines) is 1. The van der Waals surface area contributed by atoms with Gasteiger partial charge in [-0.1, -0.05) is 19.1 Å². The molecule has 1 heterocycles. The maximum atomic E-state index is 12.0. The summed E-state index contributed by atoms with van der Waals surface area (Å²) in [7, 11) is 0. The Labute approximate surface area is 127 Å². The number of piperidine rings is 1. The van der Waals surface area contributed by atoms with E-state index in [4.69, 9.17) is 4.74 Å². The average molecular weight is 287 g/mol. The summed E-state index contributed by atoms with van der Waals surface area (Å²) in [4.78, 5) is 14.3. The predicted octanol–water partition coefficient (Wildman–Crippen LogP) is 3.54. The lowest BCUT2D eigenvalue weighted by atomic mass is 10.0. The Bertz CT molecular complexity index is 523. The van der Waals surface area contributed by atoms with E-state index in [9.17, 15) is 4.79 Å². The zero-order chi connectivity index (χ0) is 15.5. The zero-order valence-electron chi connectivity index (χ0n) is 13.5. The van der Waals surface area contributed by atoms with E-state index in [0.29, 0.717) is 6.42 Å². The summed E-state index contributed by atoms with van der Waals surface area (Å²) in [6.45, 7) is 10.9. The number of hydrogen-bond acceptors (Lipinski definition) is 3. The molecule has 0 aliphatic carbocycles. The molecule has 0 amide bonds. The molecule has 2 rings (SSSR count). The number of benzene rings is 1. The largest absolute Gasteiger partial charge is 0.488 e. The Morgan fingerprint density at radius 3 is 2.48 bits per heavy atom. The van der Waals surface area contributed by atoms with E-state index >= 15 is 0 Å². The summed E-state index contributed by atoms with van der Waals surface area (Å²) in [5.74, 6) is 1.13. The van der Waals surface area contributed by atoms with E-state index in [2.05, 4.69) is 11.8 Å². The van der Waals surface area contributed by atoms with E-state index in [1.165, 1.54) is 0 Å². The first-order chi connectivity index (χ1) is 9.87. The van der Waals surface area contributed by atoms with Gasteiger partial charge in [-0.25, -0.2) is 0 Å². The van der Waals surface area contributed by atoms with Crippen molar-refractivity contribution in [3.63, 3.8) is 0 Å². The van der Waals surface area contributed by atoms with E-state index < -0.39 is 0 Å². The smallest absolute Gasteiger partial charge is 0.161 e. The molecule has 1 aromatic rings. The Morgan fingerprint density at radius 2 is 1.90 bits per heavy atom. The Morgan fingerprint density at radius 1 is 1.24 bits per heavy atom. The van der Waals surface area contributed by atoms with Crippen LogP contribution in [0.5, 0.6) is 5.75 Å². The van der Waals surface area contributed by atoms with Crippen LogP contribution in [0, 0.1) is 0 Å². The first kappa shape index (κ1) is 15.8. The van der Waals surface area contributed by atoms with E-state index in [1.54, 1.807) is 0 Å². The molecule has 1 fully saturated rings. The zero-order valence-corrected chi connectivity index (χ0v) is 13.5. The highest BCUT2D eigenvalue weighted by molar-refractivity contribution is 6.00. The molecule has 3 heteroatoms. The highest BCUT2D eigenvalue weighted by atomic mass is 16.5. The fourth-order valence-corrected chi connectivity index (χ4v) is 2.41. The first-order valence-corrected chi connectivity index (χ1v) is 7.62. The van der Waals surface area contributed by atoms with Crippen molar-refractivity contribution in [3.05, 3.63) is 35.4 Å². The maximum absolute atomic E-state index is 12.0. The van der Waals surface area contributed by atoms with Crippen LogP contribution in [0.2, 0.25) is 0 Å². The molecule has 114 valence electrons. The third kappa shape index (κ3) is 4.71. The van der Waals surface area contributed by atoms with Crippen molar-refractivity contribution in [1.82, 2.24) is 4.90 Å². The van der Waals surface area contributed by atoms with Crippen LogP contribution < -0.4 is 4.74 Å². The van der Waals surface area contributed by atoms with Gasteiger partial charge in [0.2, 0.25) is 0 Å². The van der Waals surface area contributed by atoms with Crippen molar-refractivity contribution < 1.29 is 9.53 Å². The number of Topliss-reactive ketones (excluding diaryl/α,β-unsaturated/α-hetero) is 1. The summed E-state index contributed by atoms with van der Waals surface area (Å²) < 4.78 is 5.81. The molecule has 0 atom stereocenters. The van der Waals surface area contributed by atoms with Gasteiger partial charge in [0.1, 0.15) is 11.4 Å². The summed E-state index contributed by atoms with van der Waals surface area (Å²) in [5.41, 5.74) is 1.77. The summed E-state index contributed by atoms with van der Waals surface area (Å²) >= 11 is 0. The van der Waals surface area contributed by atoms with Gasteiger partial charge >= 0.3 is 0 Å². The van der Waals surface area contributed by atoms with Crippen LogP contribution >= 0.6 is 0 Å². The quantitative estimate of drug-likeness (QED) is 0.796. The third-order valence-corrected chi connectivity index (χ3v) is 3.50. The second-order valence-electron chi connectivity index (χ2n) is 6.49. The molecular formula is C18H25NO2. The van der Waals surface area contributed by atoms with Crippen molar-refractivity contribution >= 4 is 11.9 Å². The lowest BCUT2D eigenvalue weighted by Gasteiger charge is -2.26. The molecule has 1 saturated heterocycles. The SMILES string of the molecule is CCN1CCC(=O)/C(=C/c2ccc(OC(C)(C)C)cc2)C1. The normalized spacial score (nSPS) is 19.0. The number of carbonyl (C=O) groups excluding carboxylic acids is 1. The standard InChI is InChI=1S/C18H25NO2/c1-5-19-11-10-17(20)15(13-19)12-14-6-8-16(9-7-14)21-18(2,3)4/h6-9,12H,5,10-11,13H2,1-4H3/b15-12+. The van der Waals surface area contributed by atoms with Gasteiger partial charge in [0.15, 0.2) is 5.78 Å². The molecule has 0 radical (unpaired) electrons. The van der Waals surface area contributed by atoms with Gasteiger partial charge in [-0.3, -0.25) is 9.69 Å². The molecule has 0 saturated carbocycles. The Balaban J connectivity index is 2.11. The number of hydrogen-bond donors (Lipinski definition) is 0. The molecule has 3 nitrogen and oxygen atoms in total. The fourth-order valence-electron chi connectivity index (χ4n) is 2.41. The minimum absolute atomic E-state index is 0.194. The Hall–Kier alpha value is -1.61. The van der Waals surface area contributed by atoms with Gasteiger partial charge in [0.05, 0.1) is 0 Å². The first-order valence-electron chi connectivity index (χ1n) is 7.62. The van der Waals surface area contributed by atoms with E-state index in [1.807, 2.05) is 51.1 Å². The molecule has 0 N–H and O–H groups in total. The monoisotopic (exact) mass is 287 g/mol. The molecular weight excluding hydrogens is 262 g/mol. The number of carbonyl (C=O) groups is 1. The van der Waals surface area contributed by atoms with E-state index in [0.717, 1.165) is 36.5 Å². The van der Waals surface area contributed by atoms with E-state index in [-0.39, 0.29) is 11.4 Å².